The monoisotopic (exact) mass is 205 g/mol. The predicted octanol–water partition coefficient (Wildman–Crippen LogP) is 1.49. The van der Waals surface area contributed by atoms with Crippen molar-refractivity contribution in [3.63, 3.8) is 0 Å². The molecule has 0 bridgehead atoms. The normalized spacial score (nSPS) is 12.9. The van der Waals surface area contributed by atoms with Crippen LogP contribution in [0.4, 0.5) is 13.2 Å². The summed E-state index contributed by atoms with van der Waals surface area (Å²) in [4.78, 5) is 0. The van der Waals surface area contributed by atoms with Gasteiger partial charge in [-0.15, -0.1) is 0 Å². The van der Waals surface area contributed by atoms with Crippen LogP contribution in [0, 0.1) is 17.5 Å². The van der Waals surface area contributed by atoms with Crippen LogP contribution >= 0.6 is 0 Å². The molecule has 0 aliphatic heterocycles. The molecule has 1 aromatic rings. The Kier molecular flexibility index (Phi) is 3.49. The summed E-state index contributed by atoms with van der Waals surface area (Å²) in [5.41, 5.74) is 5.31. The summed E-state index contributed by atoms with van der Waals surface area (Å²) in [5.74, 6) is -3.29. The third kappa shape index (κ3) is 2.24. The molecule has 0 fully saturated rings. The summed E-state index contributed by atoms with van der Waals surface area (Å²) in [6.45, 7) is -0.237. The van der Waals surface area contributed by atoms with Crippen LogP contribution in [0.5, 0.6) is 0 Å². The Bertz CT molecular complexity index is 330. The Labute approximate surface area is 79.2 Å². The molecule has 1 aromatic carbocycles. The molecule has 0 amide bonds. The first-order valence-electron chi connectivity index (χ1n) is 4.07. The molecule has 5 heteroatoms. The van der Waals surface area contributed by atoms with Gasteiger partial charge >= 0.3 is 0 Å². The first-order chi connectivity index (χ1) is 6.56. The van der Waals surface area contributed by atoms with Crippen molar-refractivity contribution in [2.75, 3.05) is 6.61 Å². The number of benzene rings is 1. The molecule has 0 saturated carbocycles. The van der Waals surface area contributed by atoms with Gasteiger partial charge < -0.3 is 10.8 Å². The van der Waals surface area contributed by atoms with Crippen molar-refractivity contribution in [1.82, 2.24) is 0 Å². The Morgan fingerprint density at radius 3 is 2.29 bits per heavy atom. The molecule has 1 unspecified atom stereocenters. The van der Waals surface area contributed by atoms with Gasteiger partial charge in [0.2, 0.25) is 0 Å². The van der Waals surface area contributed by atoms with Crippen LogP contribution in [0.2, 0.25) is 0 Å². The maximum absolute atomic E-state index is 13.0. The fraction of sp³-hybridized carbons (Fsp3) is 0.333. The van der Waals surface area contributed by atoms with Crippen LogP contribution in [0.3, 0.4) is 0 Å². The van der Waals surface area contributed by atoms with Crippen LogP contribution in [0.15, 0.2) is 12.1 Å². The average molecular weight is 205 g/mol. The minimum atomic E-state index is -1.25. The molecule has 0 radical (unpaired) electrons. The van der Waals surface area contributed by atoms with Gasteiger partial charge in [0.15, 0.2) is 11.6 Å². The number of hydrogen-bond donors (Lipinski definition) is 2. The van der Waals surface area contributed by atoms with E-state index in [0.29, 0.717) is 12.1 Å². The van der Waals surface area contributed by atoms with Crippen molar-refractivity contribution in [3.8, 4) is 0 Å². The number of halogens is 3. The van der Waals surface area contributed by atoms with E-state index in [2.05, 4.69) is 0 Å². The molecule has 0 spiro atoms. The smallest absolute Gasteiger partial charge is 0.161 e. The van der Waals surface area contributed by atoms with E-state index in [1.165, 1.54) is 0 Å². The van der Waals surface area contributed by atoms with Crippen LogP contribution in [0.1, 0.15) is 18.0 Å². The summed E-state index contributed by atoms with van der Waals surface area (Å²) < 4.78 is 38.2. The van der Waals surface area contributed by atoms with Crippen molar-refractivity contribution >= 4 is 0 Å². The van der Waals surface area contributed by atoms with Crippen molar-refractivity contribution < 1.29 is 18.3 Å². The molecule has 0 saturated heterocycles. The van der Waals surface area contributed by atoms with E-state index in [4.69, 9.17) is 10.8 Å². The Morgan fingerprint density at radius 1 is 1.14 bits per heavy atom. The zero-order chi connectivity index (χ0) is 10.7. The largest absolute Gasteiger partial charge is 0.396 e. The third-order valence-electron chi connectivity index (χ3n) is 1.88. The van der Waals surface area contributed by atoms with E-state index >= 15 is 0 Å². The zero-order valence-corrected chi connectivity index (χ0v) is 7.30. The molecule has 2 nitrogen and oxygen atoms in total. The second-order valence-electron chi connectivity index (χ2n) is 2.91. The first kappa shape index (κ1) is 11.0. The van der Waals surface area contributed by atoms with Crippen molar-refractivity contribution in [1.29, 1.82) is 0 Å². The molecule has 0 aliphatic rings. The molecule has 78 valence electrons. The fourth-order valence-electron chi connectivity index (χ4n) is 1.12. The Balaban J connectivity index is 3.02. The van der Waals surface area contributed by atoms with Crippen LogP contribution in [-0.4, -0.2) is 11.7 Å². The van der Waals surface area contributed by atoms with E-state index in [1.807, 2.05) is 0 Å². The third-order valence-corrected chi connectivity index (χ3v) is 1.88. The highest BCUT2D eigenvalue weighted by atomic mass is 19.2. The molecule has 0 aromatic heterocycles. The lowest BCUT2D eigenvalue weighted by Crippen LogP contribution is -2.14. The average Bonchev–Trinajstić information content (AvgIpc) is 2.11. The number of nitrogens with two attached hydrogens (primary N) is 1. The first-order valence-corrected chi connectivity index (χ1v) is 4.07. The lowest BCUT2D eigenvalue weighted by molar-refractivity contribution is 0.275. The quantitative estimate of drug-likeness (QED) is 0.734. The van der Waals surface area contributed by atoms with Gasteiger partial charge in [-0.05, 0) is 12.5 Å². The summed E-state index contributed by atoms with van der Waals surface area (Å²) in [6.07, 6.45) is 0.0992. The lowest BCUT2D eigenvalue weighted by Gasteiger charge is -2.11. The molecular weight excluding hydrogens is 195 g/mol. The second-order valence-corrected chi connectivity index (χ2v) is 2.91. The van der Waals surface area contributed by atoms with E-state index in [0.717, 1.165) is 0 Å². The van der Waals surface area contributed by atoms with Crippen molar-refractivity contribution in [2.24, 2.45) is 5.73 Å². The van der Waals surface area contributed by atoms with Gasteiger partial charge in [0.05, 0.1) is 0 Å². The van der Waals surface area contributed by atoms with E-state index in [9.17, 15) is 13.2 Å². The van der Waals surface area contributed by atoms with E-state index in [-0.39, 0.29) is 18.6 Å². The lowest BCUT2D eigenvalue weighted by atomic mass is 10.0. The van der Waals surface area contributed by atoms with Gasteiger partial charge in [-0.25, -0.2) is 13.2 Å². The van der Waals surface area contributed by atoms with Crippen molar-refractivity contribution in [2.45, 2.75) is 12.5 Å². The molecule has 0 heterocycles. The predicted molar refractivity (Wildman–Crippen MR) is 44.9 cm³/mol. The molecular formula is C9H10F3NO. The van der Waals surface area contributed by atoms with Crippen LogP contribution in [-0.2, 0) is 0 Å². The standard InChI is InChI=1S/C9H10F3NO/c10-6-4-8(12)7(11)3-5(6)9(13)1-2-14/h3-4,9,14H,1-2,13H2. The van der Waals surface area contributed by atoms with Gasteiger partial charge in [0, 0.05) is 24.3 Å². The van der Waals surface area contributed by atoms with Crippen LogP contribution < -0.4 is 5.73 Å². The highest BCUT2D eigenvalue weighted by Crippen LogP contribution is 2.20. The fourth-order valence-corrected chi connectivity index (χ4v) is 1.12. The maximum Gasteiger partial charge on any atom is 0.161 e. The van der Waals surface area contributed by atoms with Gasteiger partial charge in [-0.2, -0.15) is 0 Å². The maximum atomic E-state index is 13.0. The van der Waals surface area contributed by atoms with Crippen molar-refractivity contribution in [3.05, 3.63) is 35.1 Å². The van der Waals surface area contributed by atoms with Crippen LogP contribution in [0.25, 0.3) is 0 Å². The van der Waals surface area contributed by atoms with Gasteiger partial charge in [0.25, 0.3) is 0 Å². The minimum Gasteiger partial charge on any atom is -0.396 e. The Morgan fingerprint density at radius 2 is 1.71 bits per heavy atom. The highest BCUT2D eigenvalue weighted by molar-refractivity contribution is 5.23. The molecule has 1 rings (SSSR count). The van der Waals surface area contributed by atoms with Gasteiger partial charge in [-0.1, -0.05) is 0 Å². The highest BCUT2D eigenvalue weighted by Gasteiger charge is 2.15. The summed E-state index contributed by atoms with van der Waals surface area (Å²) in [5, 5.41) is 8.54. The zero-order valence-electron chi connectivity index (χ0n) is 7.30. The molecule has 1 atom stereocenters. The SMILES string of the molecule is NC(CCO)c1cc(F)c(F)cc1F. The number of rotatable bonds is 3. The topological polar surface area (TPSA) is 46.2 Å². The van der Waals surface area contributed by atoms with E-state index in [1.54, 1.807) is 0 Å². The summed E-state index contributed by atoms with van der Waals surface area (Å²) >= 11 is 0. The number of aliphatic hydroxyl groups excluding tert-OH is 1. The summed E-state index contributed by atoms with van der Waals surface area (Å²) in [6, 6.07) is 0.336. The molecule has 3 N–H and O–H groups in total. The molecule has 0 aliphatic carbocycles. The van der Waals surface area contributed by atoms with Gasteiger partial charge in [-0.3, -0.25) is 0 Å². The minimum absolute atomic E-state index is 0.0992. The number of aliphatic hydroxyl groups is 1. The van der Waals surface area contributed by atoms with Gasteiger partial charge in [0.1, 0.15) is 5.82 Å². The summed E-state index contributed by atoms with van der Waals surface area (Å²) in [7, 11) is 0. The second kappa shape index (κ2) is 4.43. The van der Waals surface area contributed by atoms with E-state index < -0.39 is 23.5 Å². The molecule has 14 heavy (non-hydrogen) atoms. The Hall–Kier alpha value is -1.07. The number of hydrogen-bond acceptors (Lipinski definition) is 2.